The Balaban J connectivity index is 1.77. The van der Waals surface area contributed by atoms with Gasteiger partial charge in [-0.15, -0.1) is 0 Å². The van der Waals surface area contributed by atoms with Crippen molar-refractivity contribution in [2.24, 2.45) is 0 Å². The number of imidazole rings is 1. The first-order valence-corrected chi connectivity index (χ1v) is 8.48. The molecule has 0 bridgehead atoms. The topological polar surface area (TPSA) is 63.9 Å². The number of benzene rings is 2. The van der Waals surface area contributed by atoms with Crippen LogP contribution in [0.1, 0.15) is 21.7 Å². The monoisotopic (exact) mass is 345 g/mol. The largest absolute Gasteiger partial charge is 0.461 e. The van der Waals surface area contributed by atoms with Crippen LogP contribution in [0.25, 0.3) is 11.0 Å². The highest BCUT2D eigenvalue weighted by molar-refractivity contribution is 5.94. The zero-order valence-corrected chi connectivity index (χ0v) is 14.5. The zero-order valence-electron chi connectivity index (χ0n) is 14.5. The van der Waals surface area contributed by atoms with E-state index in [0.717, 1.165) is 16.6 Å². The molecule has 0 unspecified atom stereocenters. The molecular formula is C21H19N3O2. The molecule has 2 aromatic heterocycles. The van der Waals surface area contributed by atoms with Crippen molar-refractivity contribution in [3.05, 3.63) is 89.4 Å². The number of para-hydroxylation sites is 2. The number of ketones is 1. The van der Waals surface area contributed by atoms with Gasteiger partial charge >= 0.3 is 0 Å². The zero-order chi connectivity index (χ0) is 18.1. The van der Waals surface area contributed by atoms with E-state index in [4.69, 9.17) is 9.83 Å². The van der Waals surface area contributed by atoms with Gasteiger partial charge in [-0.2, -0.15) is 0 Å². The predicted octanol–water partition coefficient (Wildman–Crippen LogP) is 3.75. The van der Waals surface area contributed by atoms with E-state index >= 15 is 0 Å². The molecule has 1 N–H and O–H groups in total. The van der Waals surface area contributed by atoms with Gasteiger partial charge in [-0.1, -0.05) is 42.0 Å². The summed E-state index contributed by atoms with van der Waals surface area (Å²) in [5.41, 5.74) is 4.42. The molecule has 0 spiro atoms. The highest BCUT2D eigenvalue weighted by Crippen LogP contribution is 2.16. The van der Waals surface area contributed by atoms with Gasteiger partial charge < -0.3 is 13.6 Å². The number of rotatable bonds is 5. The first-order valence-electron chi connectivity index (χ1n) is 8.48. The molecule has 4 aromatic rings. The number of fused-ring (bicyclic) bond motifs is 1. The molecule has 26 heavy (non-hydrogen) atoms. The highest BCUT2D eigenvalue weighted by Gasteiger charge is 2.16. The number of nitrogens with one attached hydrogen (secondary N) is 1. The Hall–Kier alpha value is -3.34. The van der Waals surface area contributed by atoms with Gasteiger partial charge in [0.05, 0.1) is 30.4 Å². The van der Waals surface area contributed by atoms with E-state index in [1.54, 1.807) is 16.7 Å². The van der Waals surface area contributed by atoms with Gasteiger partial charge in [0.1, 0.15) is 0 Å². The van der Waals surface area contributed by atoms with Crippen molar-refractivity contribution in [3.63, 3.8) is 0 Å². The highest BCUT2D eigenvalue weighted by atomic mass is 16.3. The number of Topliss-reactive ketones (excluding diaryl/α,β-unsaturated/α-hetero) is 1. The molecule has 0 aliphatic heterocycles. The Kier molecular flexibility index (Phi) is 4.05. The fourth-order valence-electron chi connectivity index (χ4n) is 3.15. The Morgan fingerprint density at radius 2 is 1.65 bits per heavy atom. The SMILES string of the molecule is Cc1ccc(Cn2c(=N)n(CC(=O)c3ccco3)c3ccccc32)cc1. The second kappa shape index (κ2) is 6.52. The number of carbonyl (C=O) groups is 1. The second-order valence-electron chi connectivity index (χ2n) is 6.37. The summed E-state index contributed by atoms with van der Waals surface area (Å²) >= 11 is 0. The molecule has 0 saturated carbocycles. The van der Waals surface area contributed by atoms with E-state index in [0.29, 0.717) is 17.9 Å². The van der Waals surface area contributed by atoms with Crippen LogP contribution in [0.3, 0.4) is 0 Å². The standard InChI is InChI=1S/C21H19N3O2/c1-15-8-10-16(11-9-15)13-23-17-5-2-3-6-18(17)24(21(23)22)14-19(25)20-7-4-12-26-20/h2-12,22H,13-14H2,1H3. The molecule has 5 heteroatoms. The Morgan fingerprint density at radius 1 is 0.962 bits per heavy atom. The minimum Gasteiger partial charge on any atom is -0.461 e. The van der Waals surface area contributed by atoms with E-state index < -0.39 is 0 Å². The number of aryl methyl sites for hydroxylation is 1. The molecule has 4 rings (SSSR count). The second-order valence-corrected chi connectivity index (χ2v) is 6.37. The third-order valence-electron chi connectivity index (χ3n) is 4.53. The van der Waals surface area contributed by atoms with Gasteiger partial charge in [0, 0.05) is 0 Å². The summed E-state index contributed by atoms with van der Waals surface area (Å²) in [6.45, 7) is 2.72. The van der Waals surface area contributed by atoms with Crippen LogP contribution in [0, 0.1) is 12.3 Å². The molecule has 0 amide bonds. The molecule has 0 radical (unpaired) electrons. The normalized spacial score (nSPS) is 11.1. The van der Waals surface area contributed by atoms with Gasteiger partial charge in [-0.05, 0) is 36.8 Å². The van der Waals surface area contributed by atoms with E-state index in [-0.39, 0.29) is 12.3 Å². The van der Waals surface area contributed by atoms with Crippen LogP contribution < -0.4 is 5.62 Å². The van der Waals surface area contributed by atoms with Crippen LogP contribution in [0.2, 0.25) is 0 Å². The molecule has 0 atom stereocenters. The lowest BCUT2D eigenvalue weighted by Crippen LogP contribution is -2.27. The van der Waals surface area contributed by atoms with Crippen LogP contribution in [0.5, 0.6) is 0 Å². The average Bonchev–Trinajstić information content (AvgIpc) is 3.27. The number of aromatic nitrogens is 2. The maximum absolute atomic E-state index is 12.5. The van der Waals surface area contributed by atoms with Crippen molar-refractivity contribution in [1.29, 1.82) is 5.41 Å². The van der Waals surface area contributed by atoms with E-state index in [1.165, 1.54) is 11.8 Å². The Labute approximate surface area is 150 Å². The predicted molar refractivity (Wildman–Crippen MR) is 99.1 cm³/mol. The van der Waals surface area contributed by atoms with Gasteiger partial charge in [0.2, 0.25) is 11.4 Å². The molecule has 0 aliphatic carbocycles. The molecular weight excluding hydrogens is 326 g/mol. The lowest BCUT2D eigenvalue weighted by molar-refractivity contribution is 0.0944. The number of nitrogens with zero attached hydrogens (tertiary/aromatic N) is 2. The van der Waals surface area contributed by atoms with E-state index in [2.05, 4.69) is 31.2 Å². The maximum atomic E-state index is 12.5. The average molecular weight is 345 g/mol. The van der Waals surface area contributed by atoms with Crippen molar-refractivity contribution < 1.29 is 9.21 Å². The number of carbonyl (C=O) groups excluding carboxylic acids is 1. The quantitative estimate of drug-likeness (QED) is 0.560. The summed E-state index contributed by atoms with van der Waals surface area (Å²) in [5, 5.41) is 8.63. The van der Waals surface area contributed by atoms with Crippen LogP contribution in [-0.2, 0) is 13.1 Å². The van der Waals surface area contributed by atoms with Crippen molar-refractivity contribution >= 4 is 16.8 Å². The summed E-state index contributed by atoms with van der Waals surface area (Å²) < 4.78 is 8.86. The van der Waals surface area contributed by atoms with Crippen molar-refractivity contribution in [2.45, 2.75) is 20.0 Å². The smallest absolute Gasteiger partial charge is 0.217 e. The first-order chi connectivity index (χ1) is 12.6. The number of hydrogen-bond donors (Lipinski definition) is 1. The summed E-state index contributed by atoms with van der Waals surface area (Å²) in [6.07, 6.45) is 1.49. The van der Waals surface area contributed by atoms with Crippen LogP contribution >= 0.6 is 0 Å². The Morgan fingerprint density at radius 3 is 2.31 bits per heavy atom. The molecule has 0 fully saturated rings. The van der Waals surface area contributed by atoms with E-state index in [1.807, 2.05) is 28.8 Å². The maximum Gasteiger partial charge on any atom is 0.217 e. The van der Waals surface area contributed by atoms with Crippen molar-refractivity contribution in [3.8, 4) is 0 Å². The summed E-state index contributed by atoms with van der Waals surface area (Å²) in [6, 6.07) is 19.4. The molecule has 5 nitrogen and oxygen atoms in total. The lowest BCUT2D eigenvalue weighted by Gasteiger charge is -2.05. The van der Waals surface area contributed by atoms with Crippen LogP contribution in [-0.4, -0.2) is 14.9 Å². The van der Waals surface area contributed by atoms with Crippen LogP contribution in [0.4, 0.5) is 0 Å². The molecule has 0 saturated heterocycles. The fraction of sp³-hybridized carbons (Fsp3) is 0.143. The van der Waals surface area contributed by atoms with Crippen LogP contribution in [0.15, 0.2) is 71.3 Å². The van der Waals surface area contributed by atoms with Crippen molar-refractivity contribution in [2.75, 3.05) is 0 Å². The summed E-state index contributed by atoms with van der Waals surface area (Å²) in [5.74, 6) is 0.166. The summed E-state index contributed by atoms with van der Waals surface area (Å²) in [4.78, 5) is 12.5. The molecule has 2 heterocycles. The third kappa shape index (κ3) is 2.88. The van der Waals surface area contributed by atoms with Crippen molar-refractivity contribution in [1.82, 2.24) is 9.13 Å². The first kappa shape index (κ1) is 16.1. The Bertz CT molecular complexity index is 1120. The molecule has 2 aromatic carbocycles. The molecule has 130 valence electrons. The van der Waals surface area contributed by atoms with E-state index in [9.17, 15) is 4.79 Å². The minimum atomic E-state index is -0.147. The van der Waals surface area contributed by atoms with Gasteiger partial charge in [0.15, 0.2) is 5.76 Å². The summed E-state index contributed by atoms with van der Waals surface area (Å²) in [7, 11) is 0. The number of furan rings is 1. The third-order valence-corrected chi connectivity index (χ3v) is 4.53. The molecule has 0 aliphatic rings. The number of hydrogen-bond acceptors (Lipinski definition) is 3. The minimum absolute atomic E-state index is 0.0771. The fourth-order valence-corrected chi connectivity index (χ4v) is 3.15. The van der Waals surface area contributed by atoms with Gasteiger partial charge in [-0.3, -0.25) is 10.2 Å². The van der Waals surface area contributed by atoms with Gasteiger partial charge in [0.25, 0.3) is 0 Å². The lowest BCUT2D eigenvalue weighted by atomic mass is 10.1. The van der Waals surface area contributed by atoms with Gasteiger partial charge in [-0.25, -0.2) is 0 Å².